The van der Waals surface area contributed by atoms with Gasteiger partial charge in [-0.1, -0.05) is 26.2 Å². The number of ether oxygens (including phenoxy) is 2. The largest absolute Gasteiger partial charge is 0.449 e. The van der Waals surface area contributed by atoms with Gasteiger partial charge in [0.25, 0.3) is 0 Å². The van der Waals surface area contributed by atoms with Crippen LogP contribution in [0.25, 0.3) is 0 Å². The third kappa shape index (κ3) is 6.81. The Balaban J connectivity index is 4.19. The highest BCUT2D eigenvalue weighted by molar-refractivity contribution is 5.87. The summed E-state index contributed by atoms with van der Waals surface area (Å²) in [5.74, 6) is 0. The lowest BCUT2D eigenvalue weighted by Crippen LogP contribution is -2.38. The van der Waals surface area contributed by atoms with E-state index in [2.05, 4.69) is 6.92 Å². The molecule has 0 spiro atoms. The van der Waals surface area contributed by atoms with Gasteiger partial charge >= 0.3 is 12.2 Å². The molecule has 0 rings (SSSR count). The Hall–Kier alpha value is -1.26. The highest BCUT2D eigenvalue weighted by Gasteiger charge is 2.23. The van der Waals surface area contributed by atoms with Crippen LogP contribution in [0.4, 0.5) is 9.59 Å². The van der Waals surface area contributed by atoms with E-state index in [1.54, 1.807) is 13.8 Å². The number of unbranched alkanes of at least 4 members (excludes halogenated alkanes) is 3. The van der Waals surface area contributed by atoms with Gasteiger partial charge in [-0.05, 0) is 20.3 Å². The van der Waals surface area contributed by atoms with Gasteiger partial charge in [-0.2, -0.15) is 0 Å². The molecule has 5 heteroatoms. The van der Waals surface area contributed by atoms with E-state index in [0.29, 0.717) is 6.54 Å². The van der Waals surface area contributed by atoms with Crippen molar-refractivity contribution in [3.05, 3.63) is 0 Å². The Labute approximate surface area is 103 Å². The SMILES string of the molecule is CCCCCCN(C(=O)OCC)C(=O)OCC. The molecule has 0 radical (unpaired) electrons. The van der Waals surface area contributed by atoms with E-state index in [4.69, 9.17) is 9.47 Å². The van der Waals surface area contributed by atoms with E-state index in [1.807, 2.05) is 0 Å². The molecule has 2 amide bonds. The molecular formula is C12H23NO4. The average molecular weight is 245 g/mol. The fourth-order valence-electron chi connectivity index (χ4n) is 1.36. The van der Waals surface area contributed by atoms with Crippen LogP contribution in [-0.4, -0.2) is 36.8 Å². The standard InChI is InChI=1S/C12H23NO4/c1-4-7-8-9-10-13(11(14)16-5-2)12(15)17-6-3/h4-10H2,1-3H3. The van der Waals surface area contributed by atoms with E-state index in [0.717, 1.165) is 30.6 Å². The quantitative estimate of drug-likeness (QED) is 0.646. The molecule has 0 N–H and O–H groups in total. The van der Waals surface area contributed by atoms with Crippen molar-refractivity contribution in [2.45, 2.75) is 46.5 Å². The van der Waals surface area contributed by atoms with Crippen molar-refractivity contribution in [2.75, 3.05) is 19.8 Å². The molecule has 0 aromatic rings. The first-order valence-corrected chi connectivity index (χ1v) is 6.28. The summed E-state index contributed by atoms with van der Waals surface area (Å²) in [5.41, 5.74) is 0. The van der Waals surface area contributed by atoms with Gasteiger partial charge in [-0.25, -0.2) is 14.5 Å². The second-order valence-corrected chi connectivity index (χ2v) is 3.61. The van der Waals surface area contributed by atoms with Gasteiger partial charge in [-0.3, -0.25) is 0 Å². The first-order valence-electron chi connectivity index (χ1n) is 6.28. The zero-order valence-corrected chi connectivity index (χ0v) is 11.0. The molecule has 0 fully saturated rings. The number of carbonyl (C=O) groups is 2. The van der Waals surface area contributed by atoms with Crippen molar-refractivity contribution < 1.29 is 19.1 Å². The van der Waals surface area contributed by atoms with Crippen molar-refractivity contribution in [3.8, 4) is 0 Å². The molecule has 0 heterocycles. The lowest BCUT2D eigenvalue weighted by atomic mass is 10.2. The summed E-state index contributed by atoms with van der Waals surface area (Å²) in [6, 6.07) is 0. The van der Waals surface area contributed by atoms with Gasteiger partial charge in [0.2, 0.25) is 0 Å². The molecule has 0 bridgehead atoms. The van der Waals surface area contributed by atoms with Crippen LogP contribution < -0.4 is 0 Å². The first kappa shape index (κ1) is 15.7. The average Bonchev–Trinajstić information content (AvgIpc) is 2.29. The molecule has 0 aliphatic heterocycles. The molecule has 0 aliphatic carbocycles. The van der Waals surface area contributed by atoms with E-state index in [-0.39, 0.29) is 13.2 Å². The van der Waals surface area contributed by atoms with Crippen molar-refractivity contribution >= 4 is 12.2 Å². The van der Waals surface area contributed by atoms with Crippen LogP contribution in [-0.2, 0) is 9.47 Å². The number of nitrogens with zero attached hydrogens (tertiary/aromatic N) is 1. The summed E-state index contributed by atoms with van der Waals surface area (Å²) in [6.07, 6.45) is 2.74. The number of carbonyl (C=O) groups excluding carboxylic acids is 2. The van der Waals surface area contributed by atoms with Crippen LogP contribution in [0, 0.1) is 0 Å². The van der Waals surface area contributed by atoms with Gasteiger partial charge in [0.1, 0.15) is 0 Å². The Morgan fingerprint density at radius 1 is 0.882 bits per heavy atom. The van der Waals surface area contributed by atoms with Crippen LogP contribution in [0.2, 0.25) is 0 Å². The fourth-order valence-corrected chi connectivity index (χ4v) is 1.36. The maximum Gasteiger partial charge on any atom is 0.419 e. The number of hydrogen-bond acceptors (Lipinski definition) is 4. The van der Waals surface area contributed by atoms with Gasteiger partial charge in [-0.15, -0.1) is 0 Å². The lowest BCUT2D eigenvalue weighted by molar-refractivity contribution is 0.0807. The molecule has 0 unspecified atom stereocenters. The number of amides is 2. The zero-order chi connectivity index (χ0) is 13.1. The second-order valence-electron chi connectivity index (χ2n) is 3.61. The maximum atomic E-state index is 11.5. The van der Waals surface area contributed by atoms with E-state index in [9.17, 15) is 9.59 Å². The van der Waals surface area contributed by atoms with Crippen LogP contribution in [0.1, 0.15) is 46.5 Å². The third-order valence-electron chi connectivity index (χ3n) is 2.21. The van der Waals surface area contributed by atoms with Crippen LogP contribution in [0.3, 0.4) is 0 Å². The highest BCUT2D eigenvalue weighted by atomic mass is 16.6. The second kappa shape index (κ2) is 9.93. The fraction of sp³-hybridized carbons (Fsp3) is 0.833. The number of rotatable bonds is 7. The first-order chi connectivity index (χ1) is 8.17. The molecule has 17 heavy (non-hydrogen) atoms. The molecule has 0 aliphatic rings. The van der Waals surface area contributed by atoms with E-state index < -0.39 is 12.2 Å². The minimum atomic E-state index is -0.623. The summed E-state index contributed by atoms with van der Waals surface area (Å²) >= 11 is 0. The number of imide groups is 1. The Kier molecular flexibility index (Phi) is 9.19. The summed E-state index contributed by atoms with van der Waals surface area (Å²) in [5, 5.41) is 0. The van der Waals surface area contributed by atoms with Crippen molar-refractivity contribution in [1.82, 2.24) is 4.90 Å². The smallest absolute Gasteiger partial charge is 0.419 e. The molecule has 0 saturated heterocycles. The summed E-state index contributed by atoms with van der Waals surface area (Å²) < 4.78 is 9.63. The summed E-state index contributed by atoms with van der Waals surface area (Å²) in [4.78, 5) is 24.1. The van der Waals surface area contributed by atoms with E-state index in [1.165, 1.54) is 0 Å². The lowest BCUT2D eigenvalue weighted by Gasteiger charge is -2.19. The van der Waals surface area contributed by atoms with Gasteiger partial charge in [0.05, 0.1) is 13.2 Å². The maximum absolute atomic E-state index is 11.5. The molecule has 0 atom stereocenters. The molecular weight excluding hydrogens is 222 g/mol. The molecule has 0 saturated carbocycles. The van der Waals surface area contributed by atoms with Gasteiger partial charge in [0.15, 0.2) is 0 Å². The van der Waals surface area contributed by atoms with Crippen molar-refractivity contribution in [2.24, 2.45) is 0 Å². The van der Waals surface area contributed by atoms with E-state index >= 15 is 0 Å². The van der Waals surface area contributed by atoms with Crippen LogP contribution >= 0.6 is 0 Å². The molecule has 100 valence electrons. The predicted octanol–water partition coefficient (Wildman–Crippen LogP) is 3.18. The van der Waals surface area contributed by atoms with Gasteiger partial charge < -0.3 is 9.47 Å². The highest BCUT2D eigenvalue weighted by Crippen LogP contribution is 2.05. The molecule has 5 nitrogen and oxygen atoms in total. The molecule has 0 aromatic heterocycles. The predicted molar refractivity (Wildman–Crippen MR) is 64.9 cm³/mol. The zero-order valence-electron chi connectivity index (χ0n) is 11.0. The minimum Gasteiger partial charge on any atom is -0.449 e. The summed E-state index contributed by atoms with van der Waals surface area (Å²) in [6.45, 7) is 6.39. The number of hydrogen-bond donors (Lipinski definition) is 0. The Morgan fingerprint density at radius 3 is 1.82 bits per heavy atom. The Morgan fingerprint density at radius 2 is 1.41 bits per heavy atom. The van der Waals surface area contributed by atoms with Crippen molar-refractivity contribution in [1.29, 1.82) is 0 Å². The topological polar surface area (TPSA) is 55.8 Å². The monoisotopic (exact) mass is 245 g/mol. The third-order valence-corrected chi connectivity index (χ3v) is 2.21. The normalized spacial score (nSPS) is 9.82. The summed E-state index contributed by atoms with van der Waals surface area (Å²) in [7, 11) is 0. The molecule has 0 aromatic carbocycles. The van der Waals surface area contributed by atoms with Crippen molar-refractivity contribution in [3.63, 3.8) is 0 Å². The van der Waals surface area contributed by atoms with Crippen LogP contribution in [0.5, 0.6) is 0 Å². The minimum absolute atomic E-state index is 0.254. The van der Waals surface area contributed by atoms with Crippen LogP contribution in [0.15, 0.2) is 0 Å². The Bertz CT molecular complexity index is 213. The van der Waals surface area contributed by atoms with Gasteiger partial charge in [0, 0.05) is 6.54 Å².